The maximum absolute atomic E-state index is 12.3. The molecule has 0 spiro atoms. The number of hydrogen-bond acceptors (Lipinski definition) is 3. The van der Waals surface area contributed by atoms with Crippen LogP contribution in [0.2, 0.25) is 0 Å². The van der Waals surface area contributed by atoms with Gasteiger partial charge in [-0.15, -0.1) is 0 Å². The third kappa shape index (κ3) is 3.44. The van der Waals surface area contributed by atoms with Gasteiger partial charge in [0.05, 0.1) is 6.07 Å². The maximum Gasteiger partial charge on any atom is 0.240 e. The Morgan fingerprint density at radius 3 is 2.53 bits per heavy atom. The van der Waals surface area contributed by atoms with Crippen molar-refractivity contribution in [2.75, 3.05) is 13.2 Å². The lowest BCUT2D eigenvalue weighted by Crippen LogP contribution is -2.48. The van der Waals surface area contributed by atoms with Crippen LogP contribution in [0.15, 0.2) is 0 Å². The molecule has 0 aromatic heterocycles. The quantitative estimate of drug-likeness (QED) is 0.763. The molecular formula is C13H22N2O2. The summed E-state index contributed by atoms with van der Waals surface area (Å²) in [5.41, 5.74) is 0. The van der Waals surface area contributed by atoms with Gasteiger partial charge in [-0.05, 0) is 31.6 Å². The second-order valence-corrected chi connectivity index (χ2v) is 5.04. The van der Waals surface area contributed by atoms with Crippen LogP contribution < -0.4 is 0 Å². The molecule has 0 radical (unpaired) electrons. The van der Waals surface area contributed by atoms with Crippen molar-refractivity contribution in [3.05, 3.63) is 0 Å². The summed E-state index contributed by atoms with van der Waals surface area (Å²) in [6, 6.07) is 2.40. The zero-order valence-electron chi connectivity index (χ0n) is 10.7. The van der Waals surface area contributed by atoms with Crippen molar-refractivity contribution in [3.8, 4) is 6.07 Å². The van der Waals surface area contributed by atoms with Gasteiger partial charge in [0, 0.05) is 19.2 Å². The summed E-state index contributed by atoms with van der Waals surface area (Å²) in [7, 11) is 0. The minimum Gasteiger partial charge on any atom is -0.396 e. The van der Waals surface area contributed by atoms with Crippen molar-refractivity contribution in [1.29, 1.82) is 5.26 Å². The Kier molecular flexibility index (Phi) is 5.43. The number of hydrogen-bond donors (Lipinski definition) is 1. The van der Waals surface area contributed by atoms with Crippen LogP contribution in [-0.2, 0) is 4.79 Å². The highest BCUT2D eigenvalue weighted by molar-refractivity contribution is 5.81. The first kappa shape index (κ1) is 14.0. The molecule has 1 rings (SSSR count). The van der Waals surface area contributed by atoms with Gasteiger partial charge in [0.2, 0.25) is 5.91 Å². The third-order valence-electron chi connectivity index (χ3n) is 3.43. The molecule has 1 fully saturated rings. The highest BCUT2D eigenvalue weighted by atomic mass is 16.3. The third-order valence-corrected chi connectivity index (χ3v) is 3.43. The van der Waals surface area contributed by atoms with Gasteiger partial charge in [-0.2, -0.15) is 5.26 Å². The Labute approximate surface area is 103 Å². The van der Waals surface area contributed by atoms with E-state index in [1.54, 1.807) is 0 Å². The van der Waals surface area contributed by atoms with Gasteiger partial charge in [0.1, 0.15) is 5.92 Å². The second-order valence-electron chi connectivity index (χ2n) is 5.04. The molecule has 1 amide bonds. The van der Waals surface area contributed by atoms with Crippen molar-refractivity contribution in [2.24, 2.45) is 11.8 Å². The molecule has 0 bridgehead atoms. The fourth-order valence-corrected chi connectivity index (χ4v) is 2.08. The van der Waals surface area contributed by atoms with E-state index in [2.05, 4.69) is 6.07 Å². The van der Waals surface area contributed by atoms with Crippen LogP contribution in [0.25, 0.3) is 0 Å². The lowest BCUT2D eigenvalue weighted by Gasteiger charge is -2.39. The number of nitrogens with zero attached hydrogens (tertiary/aromatic N) is 2. The van der Waals surface area contributed by atoms with Gasteiger partial charge < -0.3 is 10.0 Å². The molecule has 0 aromatic rings. The summed E-state index contributed by atoms with van der Waals surface area (Å²) >= 11 is 0. The SMILES string of the molecule is CC(C)C(C#N)C(=O)N(CCCO)C1CCC1. The number of carbonyl (C=O) groups excluding carboxylic acids is 1. The molecule has 0 aliphatic heterocycles. The molecule has 1 aliphatic carbocycles. The van der Waals surface area contributed by atoms with Gasteiger partial charge in [-0.25, -0.2) is 0 Å². The largest absolute Gasteiger partial charge is 0.396 e. The Bertz CT molecular complexity index is 292. The fraction of sp³-hybridized carbons (Fsp3) is 0.846. The molecule has 0 heterocycles. The standard InChI is InChI=1S/C13H22N2O2/c1-10(2)12(9-14)13(17)15(7-4-8-16)11-5-3-6-11/h10-12,16H,3-8H2,1-2H3. The Morgan fingerprint density at radius 1 is 1.53 bits per heavy atom. The summed E-state index contributed by atoms with van der Waals surface area (Å²) in [4.78, 5) is 14.1. The first-order valence-corrected chi connectivity index (χ1v) is 6.42. The van der Waals surface area contributed by atoms with Gasteiger partial charge >= 0.3 is 0 Å². The number of nitriles is 1. The molecule has 1 unspecified atom stereocenters. The highest BCUT2D eigenvalue weighted by Gasteiger charge is 2.33. The predicted octanol–water partition coefficient (Wildman–Crippen LogP) is 1.55. The van der Waals surface area contributed by atoms with Gasteiger partial charge in [-0.1, -0.05) is 13.8 Å². The molecule has 0 aromatic carbocycles. The van der Waals surface area contributed by atoms with E-state index >= 15 is 0 Å². The van der Waals surface area contributed by atoms with Crippen LogP contribution in [0.5, 0.6) is 0 Å². The number of aliphatic hydroxyl groups is 1. The van der Waals surface area contributed by atoms with E-state index in [1.807, 2.05) is 18.7 Å². The molecule has 17 heavy (non-hydrogen) atoms. The van der Waals surface area contributed by atoms with Crippen molar-refractivity contribution >= 4 is 5.91 Å². The highest BCUT2D eigenvalue weighted by Crippen LogP contribution is 2.27. The summed E-state index contributed by atoms with van der Waals surface area (Å²) in [6.07, 6.45) is 3.83. The monoisotopic (exact) mass is 238 g/mol. The Balaban J connectivity index is 2.67. The van der Waals surface area contributed by atoms with E-state index in [0.29, 0.717) is 19.0 Å². The van der Waals surface area contributed by atoms with Crippen molar-refractivity contribution in [2.45, 2.75) is 45.6 Å². The summed E-state index contributed by atoms with van der Waals surface area (Å²) in [5, 5.41) is 17.9. The minimum atomic E-state index is -0.547. The number of aliphatic hydroxyl groups excluding tert-OH is 1. The summed E-state index contributed by atoms with van der Waals surface area (Å²) < 4.78 is 0. The number of amides is 1. The molecule has 0 saturated heterocycles. The molecule has 1 N–H and O–H groups in total. The minimum absolute atomic E-state index is 0.0456. The van der Waals surface area contributed by atoms with E-state index in [1.165, 1.54) is 0 Å². The molecule has 1 atom stereocenters. The predicted molar refractivity (Wildman–Crippen MR) is 65.0 cm³/mol. The van der Waals surface area contributed by atoms with E-state index in [9.17, 15) is 4.79 Å². The van der Waals surface area contributed by atoms with Gasteiger partial charge in [-0.3, -0.25) is 4.79 Å². The lowest BCUT2D eigenvalue weighted by atomic mass is 9.88. The molecular weight excluding hydrogens is 216 g/mol. The van der Waals surface area contributed by atoms with Crippen LogP contribution in [0.3, 0.4) is 0 Å². The van der Waals surface area contributed by atoms with Crippen LogP contribution in [0.4, 0.5) is 0 Å². The molecule has 1 saturated carbocycles. The average molecular weight is 238 g/mol. The van der Waals surface area contributed by atoms with Crippen LogP contribution in [-0.4, -0.2) is 35.1 Å². The van der Waals surface area contributed by atoms with Crippen molar-refractivity contribution < 1.29 is 9.90 Å². The number of carbonyl (C=O) groups is 1. The second kappa shape index (κ2) is 6.61. The average Bonchev–Trinajstić information content (AvgIpc) is 2.21. The van der Waals surface area contributed by atoms with Crippen LogP contribution >= 0.6 is 0 Å². The van der Waals surface area contributed by atoms with Gasteiger partial charge in [0.25, 0.3) is 0 Å². The molecule has 4 nitrogen and oxygen atoms in total. The lowest BCUT2D eigenvalue weighted by molar-refractivity contribution is -0.139. The molecule has 4 heteroatoms. The van der Waals surface area contributed by atoms with Crippen LogP contribution in [0, 0.1) is 23.2 Å². The smallest absolute Gasteiger partial charge is 0.240 e. The zero-order valence-corrected chi connectivity index (χ0v) is 10.7. The molecule has 1 aliphatic rings. The fourth-order valence-electron chi connectivity index (χ4n) is 2.08. The van der Waals surface area contributed by atoms with E-state index in [-0.39, 0.29) is 18.4 Å². The Hall–Kier alpha value is -1.08. The first-order chi connectivity index (χ1) is 8.11. The Morgan fingerprint density at radius 2 is 2.18 bits per heavy atom. The maximum atomic E-state index is 12.3. The van der Waals surface area contributed by atoms with Gasteiger partial charge in [0.15, 0.2) is 0 Å². The van der Waals surface area contributed by atoms with E-state index in [4.69, 9.17) is 10.4 Å². The topological polar surface area (TPSA) is 64.3 Å². The van der Waals surface area contributed by atoms with E-state index in [0.717, 1.165) is 19.3 Å². The van der Waals surface area contributed by atoms with Crippen LogP contribution in [0.1, 0.15) is 39.5 Å². The molecule has 96 valence electrons. The number of rotatable bonds is 6. The summed E-state index contributed by atoms with van der Waals surface area (Å²) in [6.45, 7) is 4.47. The zero-order chi connectivity index (χ0) is 12.8. The van der Waals surface area contributed by atoms with Crippen molar-refractivity contribution in [1.82, 2.24) is 4.90 Å². The van der Waals surface area contributed by atoms with Crippen molar-refractivity contribution in [3.63, 3.8) is 0 Å². The summed E-state index contributed by atoms with van der Waals surface area (Å²) in [5.74, 6) is -0.556. The normalized spacial score (nSPS) is 17.4. The first-order valence-electron chi connectivity index (χ1n) is 6.42. The van der Waals surface area contributed by atoms with E-state index < -0.39 is 5.92 Å².